The molecule has 1 saturated heterocycles. The quantitative estimate of drug-likeness (QED) is 0.752. The number of rotatable bonds is 5. The number of hydrogen-bond acceptors (Lipinski definition) is 4. The minimum atomic E-state index is -0.436. The highest BCUT2D eigenvalue weighted by Gasteiger charge is 2.29. The summed E-state index contributed by atoms with van der Waals surface area (Å²) < 4.78 is 6.33. The van der Waals surface area contributed by atoms with Crippen LogP contribution in [0.5, 0.6) is 0 Å². The van der Waals surface area contributed by atoms with Crippen molar-refractivity contribution >= 4 is 11.9 Å². The number of ether oxygens (including phenoxy) is 1. The second-order valence-corrected chi connectivity index (χ2v) is 4.86. The maximum Gasteiger partial charge on any atom is 0.356 e. The summed E-state index contributed by atoms with van der Waals surface area (Å²) in [5.41, 5.74) is 0.370. The van der Waals surface area contributed by atoms with Crippen LogP contribution in [0.15, 0.2) is 12.5 Å². The van der Waals surface area contributed by atoms with Gasteiger partial charge in [-0.3, -0.25) is 4.79 Å². The zero-order chi connectivity index (χ0) is 13.8. The Morgan fingerprint density at radius 2 is 2.37 bits per heavy atom. The van der Waals surface area contributed by atoms with E-state index in [0.29, 0.717) is 24.7 Å². The molecule has 1 aliphatic rings. The van der Waals surface area contributed by atoms with Crippen molar-refractivity contribution < 1.29 is 14.3 Å². The van der Waals surface area contributed by atoms with E-state index in [1.165, 1.54) is 13.3 Å². The first-order chi connectivity index (χ1) is 9.15. The van der Waals surface area contributed by atoms with Crippen molar-refractivity contribution in [3.8, 4) is 0 Å². The van der Waals surface area contributed by atoms with E-state index in [2.05, 4.69) is 16.6 Å². The highest BCUT2D eigenvalue weighted by Crippen LogP contribution is 2.22. The average molecular weight is 265 g/mol. The summed E-state index contributed by atoms with van der Waals surface area (Å²) in [5.74, 6) is 0.139. The van der Waals surface area contributed by atoms with Gasteiger partial charge in [-0.1, -0.05) is 13.3 Å². The zero-order valence-electron chi connectivity index (χ0n) is 11.3. The van der Waals surface area contributed by atoms with Crippen molar-refractivity contribution in [1.29, 1.82) is 0 Å². The van der Waals surface area contributed by atoms with Crippen LogP contribution in [0.4, 0.5) is 0 Å². The predicted octanol–water partition coefficient (Wildman–Crippen LogP) is 1.28. The average Bonchev–Trinajstić information content (AvgIpc) is 2.97. The van der Waals surface area contributed by atoms with Crippen LogP contribution in [0.25, 0.3) is 0 Å². The van der Waals surface area contributed by atoms with Crippen molar-refractivity contribution in [2.24, 2.45) is 5.92 Å². The van der Waals surface area contributed by atoms with Gasteiger partial charge in [-0.15, -0.1) is 0 Å². The topological polar surface area (TPSA) is 64.4 Å². The van der Waals surface area contributed by atoms with E-state index >= 15 is 0 Å². The normalized spacial score (nSPS) is 18.9. The molecule has 1 unspecified atom stereocenters. The van der Waals surface area contributed by atoms with Gasteiger partial charge in [0, 0.05) is 13.0 Å². The molecule has 0 aromatic carbocycles. The molecule has 0 bridgehead atoms. The number of hydrogen-bond donors (Lipinski definition) is 0. The molecule has 0 radical (unpaired) electrons. The molecular weight excluding hydrogens is 246 g/mol. The Bertz CT molecular complexity index is 469. The maximum absolute atomic E-state index is 11.9. The minimum absolute atomic E-state index is 0.142. The molecule has 1 aliphatic heterocycles. The minimum Gasteiger partial charge on any atom is -0.464 e. The number of aromatic nitrogens is 2. The van der Waals surface area contributed by atoms with Crippen LogP contribution in [0, 0.1) is 5.92 Å². The molecule has 0 aliphatic carbocycles. The number of likely N-dealkylation sites (tertiary alicyclic amines) is 1. The van der Waals surface area contributed by atoms with Crippen LogP contribution >= 0.6 is 0 Å². The number of imidazole rings is 1. The third kappa shape index (κ3) is 2.94. The molecule has 6 nitrogen and oxygen atoms in total. The highest BCUT2D eigenvalue weighted by atomic mass is 16.5. The highest BCUT2D eigenvalue weighted by molar-refractivity contribution is 5.87. The van der Waals surface area contributed by atoms with Crippen molar-refractivity contribution in [1.82, 2.24) is 14.5 Å². The largest absolute Gasteiger partial charge is 0.464 e. The van der Waals surface area contributed by atoms with Gasteiger partial charge in [0.1, 0.15) is 5.69 Å². The third-order valence-corrected chi connectivity index (χ3v) is 3.42. The molecule has 1 aromatic rings. The second kappa shape index (κ2) is 5.86. The molecule has 104 valence electrons. The monoisotopic (exact) mass is 265 g/mol. The first-order valence-electron chi connectivity index (χ1n) is 6.52. The lowest BCUT2D eigenvalue weighted by Gasteiger charge is -2.18. The van der Waals surface area contributed by atoms with Gasteiger partial charge in [-0.25, -0.2) is 9.78 Å². The Kier molecular flexibility index (Phi) is 4.19. The van der Waals surface area contributed by atoms with Crippen LogP contribution in [0.1, 0.15) is 36.7 Å². The summed E-state index contributed by atoms with van der Waals surface area (Å²) in [7, 11) is 1.33. The van der Waals surface area contributed by atoms with E-state index in [0.717, 1.165) is 19.4 Å². The summed E-state index contributed by atoms with van der Waals surface area (Å²) in [4.78, 5) is 29.2. The van der Waals surface area contributed by atoms with Gasteiger partial charge in [0.25, 0.3) is 0 Å². The first-order valence-corrected chi connectivity index (χ1v) is 6.52. The lowest BCUT2D eigenvalue weighted by atomic mass is 10.0. The maximum atomic E-state index is 11.9. The zero-order valence-corrected chi connectivity index (χ0v) is 11.3. The number of methoxy groups -OCH3 is 1. The molecule has 19 heavy (non-hydrogen) atoms. The molecule has 2 rings (SSSR count). The van der Waals surface area contributed by atoms with Crippen molar-refractivity contribution in [2.45, 2.75) is 32.9 Å². The van der Waals surface area contributed by atoms with Gasteiger partial charge in [-0.2, -0.15) is 0 Å². The Morgan fingerprint density at radius 3 is 3.05 bits per heavy atom. The van der Waals surface area contributed by atoms with E-state index in [4.69, 9.17) is 0 Å². The predicted molar refractivity (Wildman–Crippen MR) is 68.3 cm³/mol. The van der Waals surface area contributed by atoms with E-state index in [1.807, 2.05) is 0 Å². The molecular formula is C13H19N3O3. The molecule has 1 atom stereocenters. The Balaban J connectivity index is 2.04. The summed E-state index contributed by atoms with van der Waals surface area (Å²) >= 11 is 0. The summed E-state index contributed by atoms with van der Waals surface area (Å²) in [6.07, 6.45) is 5.76. The smallest absolute Gasteiger partial charge is 0.356 e. The number of carbonyl (C=O) groups is 2. The van der Waals surface area contributed by atoms with Crippen molar-refractivity contribution in [3.63, 3.8) is 0 Å². The number of esters is 1. The second-order valence-electron chi connectivity index (χ2n) is 4.86. The molecule has 1 aromatic heterocycles. The van der Waals surface area contributed by atoms with Gasteiger partial charge in [-0.05, 0) is 12.3 Å². The molecule has 6 heteroatoms. The summed E-state index contributed by atoms with van der Waals surface area (Å²) in [6, 6.07) is 0. The van der Waals surface area contributed by atoms with Crippen molar-refractivity contribution in [2.75, 3.05) is 13.7 Å². The molecule has 0 saturated carbocycles. The van der Waals surface area contributed by atoms with E-state index in [-0.39, 0.29) is 5.91 Å². The number of amides is 1. The fourth-order valence-electron chi connectivity index (χ4n) is 2.48. The van der Waals surface area contributed by atoms with Gasteiger partial charge >= 0.3 is 5.97 Å². The Hall–Kier alpha value is -1.85. The third-order valence-electron chi connectivity index (χ3n) is 3.42. The van der Waals surface area contributed by atoms with Crippen LogP contribution in [-0.4, -0.2) is 40.0 Å². The Morgan fingerprint density at radius 1 is 1.58 bits per heavy atom. The summed E-state index contributed by atoms with van der Waals surface area (Å²) in [6.45, 7) is 3.24. The molecule has 1 fully saturated rings. The number of carbonyl (C=O) groups excluding carboxylic acids is 2. The lowest BCUT2D eigenvalue weighted by molar-refractivity contribution is -0.129. The Labute approximate surface area is 112 Å². The van der Waals surface area contributed by atoms with Crippen LogP contribution in [0.3, 0.4) is 0 Å². The fraction of sp³-hybridized carbons (Fsp3) is 0.615. The van der Waals surface area contributed by atoms with Gasteiger partial charge in [0.15, 0.2) is 0 Å². The van der Waals surface area contributed by atoms with Crippen molar-refractivity contribution in [3.05, 3.63) is 18.2 Å². The first kappa shape index (κ1) is 13.6. The molecule has 1 amide bonds. The van der Waals surface area contributed by atoms with Crippen LogP contribution in [-0.2, 0) is 16.2 Å². The lowest BCUT2D eigenvalue weighted by Crippen LogP contribution is -2.29. The van der Waals surface area contributed by atoms with Crippen LogP contribution < -0.4 is 0 Å². The van der Waals surface area contributed by atoms with Gasteiger partial charge < -0.3 is 14.2 Å². The van der Waals surface area contributed by atoms with E-state index in [1.54, 1.807) is 15.8 Å². The molecule has 2 heterocycles. The standard InChI is InChI=1S/C13H19N3O3/c1-3-4-10-5-12(17)15(7-10)9-16-8-14-6-11(16)13(18)19-2/h6,8,10H,3-5,7,9H2,1-2H3. The van der Waals surface area contributed by atoms with Crippen LogP contribution in [0.2, 0.25) is 0 Å². The van der Waals surface area contributed by atoms with Gasteiger partial charge in [0.05, 0.1) is 26.3 Å². The molecule has 0 spiro atoms. The SMILES string of the molecule is CCCC1CC(=O)N(Cn2cncc2C(=O)OC)C1. The van der Waals surface area contributed by atoms with E-state index in [9.17, 15) is 9.59 Å². The fourth-order valence-corrected chi connectivity index (χ4v) is 2.48. The van der Waals surface area contributed by atoms with Gasteiger partial charge in [0.2, 0.25) is 5.91 Å². The van der Waals surface area contributed by atoms with E-state index < -0.39 is 5.97 Å². The number of nitrogens with zero attached hydrogens (tertiary/aromatic N) is 3. The summed E-state index contributed by atoms with van der Waals surface area (Å²) in [5, 5.41) is 0. The molecule has 0 N–H and O–H groups in total.